The van der Waals surface area contributed by atoms with Gasteiger partial charge in [0, 0.05) is 24.3 Å². The first kappa shape index (κ1) is 12.0. The Morgan fingerprint density at radius 2 is 2.26 bits per heavy atom. The SMILES string of the molecule is Cc1cc(NCc2c[nH]c3ncccc23)cnc1Cl. The summed E-state index contributed by atoms with van der Waals surface area (Å²) in [5, 5.41) is 5.01. The third-order valence-corrected chi connectivity index (χ3v) is 3.43. The monoisotopic (exact) mass is 272 g/mol. The van der Waals surface area contributed by atoms with Crippen LogP contribution < -0.4 is 5.32 Å². The normalized spacial score (nSPS) is 10.8. The molecule has 0 amide bonds. The van der Waals surface area contributed by atoms with Crippen LogP contribution in [-0.4, -0.2) is 15.0 Å². The van der Waals surface area contributed by atoms with E-state index in [-0.39, 0.29) is 0 Å². The molecule has 0 aliphatic rings. The van der Waals surface area contributed by atoms with Crippen LogP contribution in [0.2, 0.25) is 5.15 Å². The molecule has 96 valence electrons. The lowest BCUT2D eigenvalue weighted by atomic mass is 10.2. The molecule has 0 spiro atoms. The number of nitrogens with zero attached hydrogens (tertiary/aromatic N) is 2. The van der Waals surface area contributed by atoms with Gasteiger partial charge in [0.15, 0.2) is 0 Å². The number of hydrogen-bond donors (Lipinski definition) is 2. The number of hydrogen-bond acceptors (Lipinski definition) is 3. The van der Waals surface area contributed by atoms with Gasteiger partial charge in [-0.1, -0.05) is 11.6 Å². The Hall–Kier alpha value is -2.07. The van der Waals surface area contributed by atoms with Crippen LogP contribution in [-0.2, 0) is 6.54 Å². The summed E-state index contributed by atoms with van der Waals surface area (Å²) in [7, 11) is 0. The first-order valence-electron chi connectivity index (χ1n) is 6.01. The van der Waals surface area contributed by atoms with Crippen molar-refractivity contribution < 1.29 is 0 Å². The summed E-state index contributed by atoms with van der Waals surface area (Å²) in [5.74, 6) is 0. The first-order valence-corrected chi connectivity index (χ1v) is 6.39. The van der Waals surface area contributed by atoms with Gasteiger partial charge in [-0.3, -0.25) is 0 Å². The summed E-state index contributed by atoms with van der Waals surface area (Å²) in [6.45, 7) is 2.66. The Bertz CT molecular complexity index is 720. The molecular formula is C14H13ClN4. The highest BCUT2D eigenvalue weighted by atomic mass is 35.5. The Morgan fingerprint density at radius 1 is 1.37 bits per heavy atom. The van der Waals surface area contributed by atoms with E-state index in [9.17, 15) is 0 Å². The molecule has 4 nitrogen and oxygen atoms in total. The van der Waals surface area contributed by atoms with Crippen molar-refractivity contribution in [2.45, 2.75) is 13.5 Å². The Morgan fingerprint density at radius 3 is 3.11 bits per heavy atom. The van der Waals surface area contributed by atoms with Gasteiger partial charge < -0.3 is 10.3 Å². The van der Waals surface area contributed by atoms with Crippen LogP contribution >= 0.6 is 11.6 Å². The summed E-state index contributed by atoms with van der Waals surface area (Å²) in [6.07, 6.45) is 5.49. The molecule has 2 N–H and O–H groups in total. The summed E-state index contributed by atoms with van der Waals surface area (Å²) in [5.41, 5.74) is 4.01. The van der Waals surface area contributed by atoms with Gasteiger partial charge in [0.1, 0.15) is 10.8 Å². The quantitative estimate of drug-likeness (QED) is 0.717. The van der Waals surface area contributed by atoms with E-state index in [0.717, 1.165) is 22.3 Å². The van der Waals surface area contributed by atoms with Crippen LogP contribution in [0, 0.1) is 6.92 Å². The van der Waals surface area contributed by atoms with Crippen LogP contribution in [0.3, 0.4) is 0 Å². The maximum Gasteiger partial charge on any atom is 0.137 e. The lowest BCUT2D eigenvalue weighted by molar-refractivity contribution is 1.14. The molecule has 3 aromatic rings. The summed E-state index contributed by atoms with van der Waals surface area (Å²) in [4.78, 5) is 11.6. The van der Waals surface area contributed by atoms with E-state index in [4.69, 9.17) is 11.6 Å². The van der Waals surface area contributed by atoms with Crippen LogP contribution in [0.5, 0.6) is 0 Å². The molecule has 3 rings (SSSR count). The smallest absolute Gasteiger partial charge is 0.137 e. The highest BCUT2D eigenvalue weighted by molar-refractivity contribution is 6.30. The number of fused-ring (bicyclic) bond motifs is 1. The molecule has 0 aliphatic carbocycles. The van der Waals surface area contributed by atoms with Crippen molar-refractivity contribution in [1.29, 1.82) is 0 Å². The van der Waals surface area contributed by atoms with Crippen molar-refractivity contribution in [3.63, 3.8) is 0 Å². The van der Waals surface area contributed by atoms with Gasteiger partial charge in [-0.05, 0) is 36.2 Å². The number of rotatable bonds is 3. The molecule has 0 bridgehead atoms. The van der Waals surface area contributed by atoms with Gasteiger partial charge in [-0.25, -0.2) is 9.97 Å². The molecule has 5 heteroatoms. The lowest BCUT2D eigenvalue weighted by Gasteiger charge is -2.06. The van der Waals surface area contributed by atoms with Gasteiger partial charge in [0.25, 0.3) is 0 Å². The maximum absolute atomic E-state index is 5.91. The Kier molecular flexibility index (Phi) is 3.09. The molecule has 0 radical (unpaired) electrons. The zero-order valence-corrected chi connectivity index (χ0v) is 11.2. The molecule has 0 atom stereocenters. The molecule has 0 saturated carbocycles. The highest BCUT2D eigenvalue weighted by Crippen LogP contribution is 2.19. The van der Waals surface area contributed by atoms with E-state index in [1.54, 1.807) is 12.4 Å². The standard InChI is InChI=1S/C14H13ClN4/c1-9-5-11(8-18-13(9)15)17-6-10-7-19-14-12(10)3-2-4-16-14/h2-5,7-8,17H,6H2,1H3,(H,16,19). The fourth-order valence-corrected chi connectivity index (χ4v) is 2.11. The first-order chi connectivity index (χ1) is 9.24. The van der Waals surface area contributed by atoms with E-state index in [0.29, 0.717) is 11.7 Å². The number of H-pyrrole nitrogens is 1. The molecule has 0 unspecified atom stereocenters. The number of aryl methyl sites for hydroxylation is 1. The average Bonchev–Trinajstić information content (AvgIpc) is 2.83. The molecular weight excluding hydrogens is 260 g/mol. The molecule has 0 aliphatic heterocycles. The second-order valence-corrected chi connectivity index (χ2v) is 4.76. The van der Waals surface area contributed by atoms with Crippen molar-refractivity contribution in [1.82, 2.24) is 15.0 Å². The topological polar surface area (TPSA) is 53.6 Å². The lowest BCUT2D eigenvalue weighted by Crippen LogP contribution is -1.99. The van der Waals surface area contributed by atoms with E-state index in [1.165, 1.54) is 5.56 Å². The fourth-order valence-electron chi connectivity index (χ4n) is 2.01. The molecule has 0 saturated heterocycles. The number of halogens is 1. The molecule has 3 aromatic heterocycles. The second kappa shape index (κ2) is 4.90. The van der Waals surface area contributed by atoms with E-state index < -0.39 is 0 Å². The minimum absolute atomic E-state index is 0.543. The number of anilines is 1. The van der Waals surface area contributed by atoms with Crippen molar-refractivity contribution >= 4 is 28.3 Å². The third-order valence-electron chi connectivity index (χ3n) is 3.03. The average molecular weight is 273 g/mol. The van der Waals surface area contributed by atoms with Crippen molar-refractivity contribution in [2.24, 2.45) is 0 Å². The van der Waals surface area contributed by atoms with Crippen LogP contribution in [0.25, 0.3) is 11.0 Å². The second-order valence-electron chi connectivity index (χ2n) is 4.40. The van der Waals surface area contributed by atoms with E-state index in [1.807, 2.05) is 25.3 Å². The van der Waals surface area contributed by atoms with Gasteiger partial charge in [0.2, 0.25) is 0 Å². The summed E-state index contributed by atoms with van der Waals surface area (Å²) in [6, 6.07) is 5.98. The number of aromatic nitrogens is 3. The number of nitrogens with one attached hydrogen (secondary N) is 2. The minimum atomic E-state index is 0.543. The van der Waals surface area contributed by atoms with Gasteiger partial charge in [-0.2, -0.15) is 0 Å². The molecule has 19 heavy (non-hydrogen) atoms. The van der Waals surface area contributed by atoms with Crippen LogP contribution in [0.15, 0.2) is 36.8 Å². The predicted molar refractivity (Wildman–Crippen MR) is 77.4 cm³/mol. The molecule has 0 aromatic carbocycles. The highest BCUT2D eigenvalue weighted by Gasteiger charge is 2.04. The van der Waals surface area contributed by atoms with Crippen molar-refractivity contribution in [3.05, 3.63) is 53.1 Å². The van der Waals surface area contributed by atoms with E-state index >= 15 is 0 Å². The fraction of sp³-hybridized carbons (Fsp3) is 0.143. The van der Waals surface area contributed by atoms with Gasteiger partial charge in [0.05, 0.1) is 11.9 Å². The number of pyridine rings is 2. The zero-order chi connectivity index (χ0) is 13.2. The Labute approximate surface area is 115 Å². The third kappa shape index (κ3) is 2.39. The van der Waals surface area contributed by atoms with Crippen molar-refractivity contribution in [2.75, 3.05) is 5.32 Å². The molecule has 0 fully saturated rings. The number of aromatic amines is 1. The minimum Gasteiger partial charge on any atom is -0.380 e. The van der Waals surface area contributed by atoms with E-state index in [2.05, 4.69) is 26.3 Å². The van der Waals surface area contributed by atoms with Crippen LogP contribution in [0.1, 0.15) is 11.1 Å². The van der Waals surface area contributed by atoms with Crippen LogP contribution in [0.4, 0.5) is 5.69 Å². The predicted octanol–water partition coefficient (Wildman–Crippen LogP) is 3.53. The molecule has 3 heterocycles. The largest absolute Gasteiger partial charge is 0.380 e. The van der Waals surface area contributed by atoms with Gasteiger partial charge >= 0.3 is 0 Å². The van der Waals surface area contributed by atoms with Gasteiger partial charge in [-0.15, -0.1) is 0 Å². The summed E-state index contributed by atoms with van der Waals surface area (Å²) < 4.78 is 0. The zero-order valence-electron chi connectivity index (χ0n) is 10.4. The van der Waals surface area contributed by atoms with Crippen molar-refractivity contribution in [3.8, 4) is 0 Å². The maximum atomic E-state index is 5.91. The Balaban J connectivity index is 1.80. The summed E-state index contributed by atoms with van der Waals surface area (Å²) >= 11 is 5.91.